The summed E-state index contributed by atoms with van der Waals surface area (Å²) in [7, 11) is 0. The van der Waals surface area contributed by atoms with Crippen molar-refractivity contribution in [1.82, 2.24) is 15.6 Å². The van der Waals surface area contributed by atoms with E-state index in [4.69, 9.17) is 5.73 Å². The topological polar surface area (TPSA) is 97.1 Å². The van der Waals surface area contributed by atoms with E-state index in [1.807, 2.05) is 0 Å². The molecular formula is C16H11FN4O2S. The molecule has 3 amide bonds. The molecule has 3 aromatic rings. The zero-order valence-electron chi connectivity index (χ0n) is 12.2. The third-order valence-corrected chi connectivity index (χ3v) is 4.64. The van der Waals surface area contributed by atoms with Gasteiger partial charge in [0.25, 0.3) is 5.91 Å². The molecule has 24 heavy (non-hydrogen) atoms. The van der Waals surface area contributed by atoms with Crippen molar-refractivity contribution in [2.45, 2.75) is 6.04 Å². The molecule has 0 radical (unpaired) electrons. The van der Waals surface area contributed by atoms with Crippen molar-refractivity contribution >= 4 is 38.6 Å². The minimum atomic E-state index is -0.714. The van der Waals surface area contributed by atoms with Crippen molar-refractivity contribution in [3.63, 3.8) is 0 Å². The normalized spacial score (nSPS) is 17.1. The van der Waals surface area contributed by atoms with E-state index in [2.05, 4.69) is 15.6 Å². The van der Waals surface area contributed by atoms with Gasteiger partial charge in [0, 0.05) is 5.56 Å². The smallest absolute Gasteiger partial charge is 0.322 e. The number of carbonyl (C=O) groups is 2. The van der Waals surface area contributed by atoms with Gasteiger partial charge in [0.1, 0.15) is 11.9 Å². The molecule has 2 heterocycles. The Hall–Kier alpha value is -3.00. The Bertz CT molecular complexity index is 984. The molecule has 0 bridgehead atoms. The Balaban J connectivity index is 1.76. The summed E-state index contributed by atoms with van der Waals surface area (Å²) in [5, 5.41) is 5.09. The SMILES string of the molecule is Nc1nc2c(-c3ccc(C4NC(=O)NC4=O)cc3)cc(F)cc2s1. The lowest BCUT2D eigenvalue weighted by Gasteiger charge is -2.09. The van der Waals surface area contributed by atoms with Crippen LogP contribution in [-0.2, 0) is 4.79 Å². The van der Waals surface area contributed by atoms with E-state index in [1.165, 1.54) is 23.5 Å². The zero-order chi connectivity index (χ0) is 16.8. The number of thiazole rings is 1. The molecule has 1 aliphatic rings. The second kappa shape index (κ2) is 5.27. The van der Waals surface area contributed by atoms with Gasteiger partial charge in [-0.25, -0.2) is 14.2 Å². The van der Waals surface area contributed by atoms with Crippen LogP contribution in [0.15, 0.2) is 36.4 Å². The van der Waals surface area contributed by atoms with Crippen LogP contribution in [0.4, 0.5) is 14.3 Å². The van der Waals surface area contributed by atoms with E-state index in [1.54, 1.807) is 24.3 Å². The first-order valence-electron chi connectivity index (χ1n) is 7.08. The van der Waals surface area contributed by atoms with E-state index in [0.717, 1.165) is 5.56 Å². The number of nitrogen functional groups attached to an aromatic ring is 1. The number of carbonyl (C=O) groups excluding carboxylic acids is 2. The minimum absolute atomic E-state index is 0.368. The van der Waals surface area contributed by atoms with Crippen LogP contribution in [0.5, 0.6) is 0 Å². The second-order valence-electron chi connectivity index (χ2n) is 5.37. The lowest BCUT2D eigenvalue weighted by Crippen LogP contribution is -2.22. The molecule has 6 nitrogen and oxygen atoms in total. The predicted octanol–water partition coefficient (Wildman–Crippen LogP) is 2.57. The third-order valence-electron chi connectivity index (χ3n) is 3.81. The van der Waals surface area contributed by atoms with Crippen LogP contribution in [0, 0.1) is 5.82 Å². The Labute approximate surface area is 139 Å². The van der Waals surface area contributed by atoms with Crippen molar-refractivity contribution in [3.05, 3.63) is 47.8 Å². The number of imide groups is 1. The minimum Gasteiger partial charge on any atom is -0.375 e. The number of hydrogen-bond acceptors (Lipinski definition) is 5. The van der Waals surface area contributed by atoms with Gasteiger partial charge in [-0.1, -0.05) is 35.6 Å². The standard InChI is InChI=1S/C16H11FN4O2S/c17-9-5-10(13-11(6-9)24-15(18)19-13)7-1-3-8(4-2-7)12-14(22)21-16(23)20-12/h1-6,12H,(H2,18,19)(H2,20,21,22,23). The number of nitrogens with zero attached hydrogens (tertiary/aromatic N) is 1. The maximum atomic E-state index is 13.8. The number of urea groups is 1. The molecule has 120 valence electrons. The first-order valence-corrected chi connectivity index (χ1v) is 7.90. The van der Waals surface area contributed by atoms with Crippen LogP contribution < -0.4 is 16.4 Å². The van der Waals surface area contributed by atoms with Gasteiger partial charge >= 0.3 is 6.03 Å². The predicted molar refractivity (Wildman–Crippen MR) is 88.8 cm³/mol. The van der Waals surface area contributed by atoms with Crippen molar-refractivity contribution < 1.29 is 14.0 Å². The number of fused-ring (bicyclic) bond motifs is 1. The molecular weight excluding hydrogens is 331 g/mol. The first-order chi connectivity index (χ1) is 11.5. The highest BCUT2D eigenvalue weighted by Gasteiger charge is 2.30. The molecule has 1 atom stereocenters. The average Bonchev–Trinajstić information content (AvgIpc) is 3.07. The largest absolute Gasteiger partial charge is 0.375 e. The fourth-order valence-corrected chi connectivity index (χ4v) is 3.53. The summed E-state index contributed by atoms with van der Waals surface area (Å²) in [6.45, 7) is 0. The third kappa shape index (κ3) is 2.37. The van der Waals surface area contributed by atoms with Gasteiger partial charge in [0.05, 0.1) is 10.2 Å². The van der Waals surface area contributed by atoms with Gasteiger partial charge in [0.15, 0.2) is 5.13 Å². The molecule has 1 saturated heterocycles. The number of halogens is 1. The first kappa shape index (κ1) is 14.6. The summed E-state index contributed by atoms with van der Waals surface area (Å²) in [5.41, 5.74) is 8.38. The van der Waals surface area contributed by atoms with Crippen molar-refractivity contribution in [3.8, 4) is 11.1 Å². The highest BCUT2D eigenvalue weighted by atomic mass is 32.1. The molecule has 2 aromatic carbocycles. The summed E-state index contributed by atoms with van der Waals surface area (Å²) in [4.78, 5) is 27.2. The van der Waals surface area contributed by atoms with E-state index < -0.39 is 18.0 Å². The Morgan fingerprint density at radius 2 is 1.92 bits per heavy atom. The number of nitrogens with one attached hydrogen (secondary N) is 2. The molecule has 1 aliphatic heterocycles. The van der Waals surface area contributed by atoms with Crippen LogP contribution in [0.1, 0.15) is 11.6 Å². The number of anilines is 1. The molecule has 8 heteroatoms. The van der Waals surface area contributed by atoms with Gasteiger partial charge < -0.3 is 11.1 Å². The Morgan fingerprint density at radius 3 is 2.58 bits per heavy atom. The summed E-state index contributed by atoms with van der Waals surface area (Å²) >= 11 is 1.23. The van der Waals surface area contributed by atoms with Gasteiger partial charge in [0.2, 0.25) is 0 Å². The van der Waals surface area contributed by atoms with Gasteiger partial charge in [-0.05, 0) is 23.3 Å². The summed E-state index contributed by atoms with van der Waals surface area (Å²) in [5.74, 6) is -0.763. The zero-order valence-corrected chi connectivity index (χ0v) is 13.0. The van der Waals surface area contributed by atoms with Crippen LogP contribution in [0.2, 0.25) is 0 Å². The molecule has 1 aromatic heterocycles. The van der Waals surface area contributed by atoms with Crippen molar-refractivity contribution in [2.75, 3.05) is 5.73 Å². The average molecular weight is 342 g/mol. The van der Waals surface area contributed by atoms with E-state index >= 15 is 0 Å². The molecule has 4 N–H and O–H groups in total. The molecule has 0 aliphatic carbocycles. The monoisotopic (exact) mass is 342 g/mol. The molecule has 1 unspecified atom stereocenters. The van der Waals surface area contributed by atoms with Crippen LogP contribution in [-0.4, -0.2) is 16.9 Å². The highest BCUT2D eigenvalue weighted by Crippen LogP contribution is 2.34. The van der Waals surface area contributed by atoms with E-state index in [9.17, 15) is 14.0 Å². The number of hydrogen-bond donors (Lipinski definition) is 3. The van der Waals surface area contributed by atoms with Crippen LogP contribution in [0.25, 0.3) is 21.3 Å². The second-order valence-corrected chi connectivity index (χ2v) is 6.43. The summed E-state index contributed by atoms with van der Waals surface area (Å²) in [6.07, 6.45) is 0. The van der Waals surface area contributed by atoms with E-state index in [0.29, 0.717) is 26.5 Å². The van der Waals surface area contributed by atoms with Crippen molar-refractivity contribution in [2.24, 2.45) is 0 Å². The van der Waals surface area contributed by atoms with E-state index in [-0.39, 0.29) is 5.82 Å². The lowest BCUT2D eigenvalue weighted by atomic mass is 10.00. The maximum absolute atomic E-state index is 13.8. The fraction of sp³-hybridized carbons (Fsp3) is 0.0625. The number of aromatic nitrogens is 1. The van der Waals surface area contributed by atoms with Gasteiger partial charge in [-0.15, -0.1) is 0 Å². The fourth-order valence-electron chi connectivity index (χ4n) is 2.74. The molecule has 1 fully saturated rings. The Morgan fingerprint density at radius 1 is 1.17 bits per heavy atom. The maximum Gasteiger partial charge on any atom is 0.322 e. The molecule has 0 spiro atoms. The van der Waals surface area contributed by atoms with Crippen molar-refractivity contribution in [1.29, 1.82) is 0 Å². The lowest BCUT2D eigenvalue weighted by molar-refractivity contribution is -0.120. The number of rotatable bonds is 2. The number of benzene rings is 2. The summed E-state index contributed by atoms with van der Waals surface area (Å²) < 4.78 is 14.5. The number of amides is 3. The molecule has 4 rings (SSSR count). The van der Waals surface area contributed by atoms with Gasteiger partial charge in [-0.3, -0.25) is 10.1 Å². The van der Waals surface area contributed by atoms with Crippen LogP contribution in [0.3, 0.4) is 0 Å². The Kier molecular flexibility index (Phi) is 3.20. The van der Waals surface area contributed by atoms with Gasteiger partial charge in [-0.2, -0.15) is 0 Å². The van der Waals surface area contributed by atoms with Crippen LogP contribution >= 0.6 is 11.3 Å². The quantitative estimate of drug-likeness (QED) is 0.624. The molecule has 0 saturated carbocycles. The number of nitrogens with two attached hydrogens (primary N) is 1. The summed E-state index contributed by atoms with van der Waals surface area (Å²) in [6, 6.07) is 8.54. The highest BCUT2D eigenvalue weighted by molar-refractivity contribution is 7.22.